The van der Waals surface area contributed by atoms with Crippen LogP contribution in [-0.2, 0) is 19.1 Å². The first-order chi connectivity index (χ1) is 8.24. The highest BCUT2D eigenvalue weighted by Gasteiger charge is 2.63. The molecule has 2 aliphatic rings. The normalized spacial score (nSPS) is 35.8. The molecule has 1 unspecified atom stereocenters. The first-order valence-electron chi connectivity index (χ1n) is 6.27. The highest BCUT2D eigenvalue weighted by atomic mass is 16.6. The number of carbonyl (C=O) groups is 2. The molecule has 0 aromatic carbocycles. The maximum Gasteiger partial charge on any atom is 0.334 e. The van der Waals surface area contributed by atoms with Gasteiger partial charge in [0, 0.05) is 11.3 Å². The van der Waals surface area contributed by atoms with E-state index >= 15 is 0 Å². The zero-order chi connectivity index (χ0) is 13.7. The number of rotatable bonds is 1. The smallest absolute Gasteiger partial charge is 0.334 e. The van der Waals surface area contributed by atoms with Gasteiger partial charge in [0.2, 0.25) is 5.91 Å². The number of methoxy groups -OCH3 is 1. The lowest BCUT2D eigenvalue weighted by Gasteiger charge is -2.36. The molecule has 2 aliphatic heterocycles. The van der Waals surface area contributed by atoms with Crippen LogP contribution in [0.5, 0.6) is 0 Å². The van der Waals surface area contributed by atoms with E-state index in [0.717, 1.165) is 0 Å². The minimum Gasteiger partial charge on any atom is -0.467 e. The lowest BCUT2D eigenvalue weighted by molar-refractivity contribution is -0.158. The van der Waals surface area contributed by atoms with Crippen molar-refractivity contribution in [2.24, 2.45) is 11.3 Å². The quantitative estimate of drug-likeness (QED) is 0.660. The summed E-state index contributed by atoms with van der Waals surface area (Å²) in [5, 5.41) is 0. The summed E-state index contributed by atoms with van der Waals surface area (Å²) in [6.07, 6.45) is 0.111. The Hall–Kier alpha value is -1.10. The first kappa shape index (κ1) is 13.3. The molecule has 5 nitrogen and oxygen atoms in total. The maximum absolute atomic E-state index is 12.3. The van der Waals surface area contributed by atoms with E-state index in [1.54, 1.807) is 4.90 Å². The molecule has 102 valence electrons. The van der Waals surface area contributed by atoms with Crippen LogP contribution in [0.15, 0.2) is 0 Å². The van der Waals surface area contributed by atoms with Gasteiger partial charge >= 0.3 is 5.97 Å². The molecule has 18 heavy (non-hydrogen) atoms. The highest BCUT2D eigenvalue weighted by Crippen LogP contribution is 2.46. The third-order valence-corrected chi connectivity index (χ3v) is 3.78. The summed E-state index contributed by atoms with van der Waals surface area (Å²) in [6, 6.07) is 0. The molecule has 0 N–H and O–H groups in total. The van der Waals surface area contributed by atoms with Crippen LogP contribution in [0, 0.1) is 11.3 Å². The zero-order valence-electron chi connectivity index (χ0n) is 11.6. The van der Waals surface area contributed by atoms with Gasteiger partial charge in [-0.3, -0.25) is 9.69 Å². The van der Waals surface area contributed by atoms with Crippen LogP contribution < -0.4 is 0 Å². The Kier molecular flexibility index (Phi) is 2.93. The van der Waals surface area contributed by atoms with Crippen LogP contribution in [0.4, 0.5) is 0 Å². The average molecular weight is 255 g/mol. The number of hydrogen-bond donors (Lipinski definition) is 0. The molecule has 0 aromatic heterocycles. The van der Waals surface area contributed by atoms with Gasteiger partial charge in [-0.15, -0.1) is 0 Å². The van der Waals surface area contributed by atoms with Crippen molar-refractivity contribution < 1.29 is 19.1 Å². The lowest BCUT2D eigenvalue weighted by Crippen LogP contribution is -2.54. The molecule has 0 saturated carbocycles. The van der Waals surface area contributed by atoms with E-state index in [1.165, 1.54) is 7.11 Å². The van der Waals surface area contributed by atoms with Crippen LogP contribution in [-0.4, -0.2) is 42.3 Å². The van der Waals surface area contributed by atoms with Gasteiger partial charge in [0.25, 0.3) is 0 Å². The number of fused-ring (bicyclic) bond motifs is 1. The molecule has 3 atom stereocenters. The second-order valence-corrected chi connectivity index (χ2v) is 6.37. The topological polar surface area (TPSA) is 55.8 Å². The molecule has 5 heteroatoms. The van der Waals surface area contributed by atoms with E-state index in [1.807, 2.05) is 27.7 Å². The van der Waals surface area contributed by atoms with E-state index in [0.29, 0.717) is 6.42 Å². The third kappa shape index (κ3) is 1.64. The average Bonchev–Trinajstić information content (AvgIpc) is 2.76. The molecule has 2 heterocycles. The summed E-state index contributed by atoms with van der Waals surface area (Å²) in [6.45, 7) is 8.09. The summed E-state index contributed by atoms with van der Waals surface area (Å²) >= 11 is 0. The van der Waals surface area contributed by atoms with Crippen molar-refractivity contribution in [2.75, 3.05) is 13.7 Å². The van der Waals surface area contributed by atoms with Crippen molar-refractivity contribution in [3.8, 4) is 0 Å². The Balaban J connectivity index is 2.42. The van der Waals surface area contributed by atoms with Crippen molar-refractivity contribution >= 4 is 11.9 Å². The predicted molar refractivity (Wildman–Crippen MR) is 64.6 cm³/mol. The van der Waals surface area contributed by atoms with Gasteiger partial charge in [0.1, 0.15) is 6.23 Å². The van der Waals surface area contributed by atoms with E-state index in [2.05, 4.69) is 0 Å². The zero-order valence-corrected chi connectivity index (χ0v) is 11.6. The molecule has 2 saturated heterocycles. The fourth-order valence-electron chi connectivity index (χ4n) is 2.97. The maximum atomic E-state index is 12.3. The second kappa shape index (κ2) is 3.95. The lowest BCUT2D eigenvalue weighted by atomic mass is 9.91. The predicted octanol–water partition coefficient (Wildman–Crippen LogP) is 1.17. The van der Waals surface area contributed by atoms with E-state index in [9.17, 15) is 9.59 Å². The molecule has 2 fully saturated rings. The highest BCUT2D eigenvalue weighted by molar-refractivity contribution is 5.93. The Morgan fingerprint density at radius 2 is 2.11 bits per heavy atom. The summed E-state index contributed by atoms with van der Waals surface area (Å²) < 4.78 is 10.6. The number of ether oxygens (including phenoxy) is 2. The fourth-order valence-corrected chi connectivity index (χ4v) is 2.97. The molecule has 0 aliphatic carbocycles. The monoisotopic (exact) mass is 255 g/mol. The molecule has 1 amide bonds. The Labute approximate surface area is 107 Å². The number of hydrogen-bond acceptors (Lipinski definition) is 4. The van der Waals surface area contributed by atoms with Crippen LogP contribution >= 0.6 is 0 Å². The van der Waals surface area contributed by atoms with Gasteiger partial charge in [0.05, 0.1) is 13.7 Å². The van der Waals surface area contributed by atoms with Gasteiger partial charge in [-0.05, 0) is 6.42 Å². The van der Waals surface area contributed by atoms with Crippen molar-refractivity contribution in [2.45, 2.75) is 45.9 Å². The molecule has 0 aromatic rings. The standard InChI is InChI=1S/C13H21NO4/c1-8-6-13(11(16)17-5)7-18-10(12(2,3)4)14(13)9(8)15/h8,10H,6-7H2,1-5H3/t8-,10?,13-/m1/s1. The van der Waals surface area contributed by atoms with Crippen LogP contribution in [0.3, 0.4) is 0 Å². The van der Waals surface area contributed by atoms with Crippen LogP contribution in [0.2, 0.25) is 0 Å². The van der Waals surface area contributed by atoms with Gasteiger partial charge < -0.3 is 9.47 Å². The Morgan fingerprint density at radius 3 is 2.61 bits per heavy atom. The fraction of sp³-hybridized carbons (Fsp3) is 0.846. The number of amides is 1. The first-order valence-corrected chi connectivity index (χ1v) is 6.27. The van der Waals surface area contributed by atoms with Crippen LogP contribution in [0.25, 0.3) is 0 Å². The van der Waals surface area contributed by atoms with Crippen molar-refractivity contribution in [3.63, 3.8) is 0 Å². The number of esters is 1. The SMILES string of the molecule is COC(=O)[C@@]12COC(C(C)(C)C)N1C(=O)[C@H](C)C2. The summed E-state index contributed by atoms with van der Waals surface area (Å²) in [5.74, 6) is -0.539. The van der Waals surface area contributed by atoms with Crippen molar-refractivity contribution in [3.05, 3.63) is 0 Å². The van der Waals surface area contributed by atoms with E-state index in [4.69, 9.17) is 9.47 Å². The largest absolute Gasteiger partial charge is 0.467 e. The van der Waals surface area contributed by atoms with Gasteiger partial charge in [-0.1, -0.05) is 27.7 Å². The van der Waals surface area contributed by atoms with Crippen LogP contribution in [0.1, 0.15) is 34.1 Å². The molecule has 0 bridgehead atoms. The molecule has 2 rings (SSSR count). The van der Waals surface area contributed by atoms with Gasteiger partial charge in [0.15, 0.2) is 5.54 Å². The van der Waals surface area contributed by atoms with Crippen molar-refractivity contribution in [1.82, 2.24) is 4.90 Å². The van der Waals surface area contributed by atoms with Gasteiger partial charge in [-0.2, -0.15) is 0 Å². The minimum absolute atomic E-state index is 0.0159. The Bertz CT molecular complexity index is 387. The van der Waals surface area contributed by atoms with Crippen molar-refractivity contribution in [1.29, 1.82) is 0 Å². The number of carbonyl (C=O) groups excluding carboxylic acids is 2. The van der Waals surface area contributed by atoms with E-state index < -0.39 is 5.54 Å². The minimum atomic E-state index is -0.913. The molecule has 0 spiro atoms. The second-order valence-electron chi connectivity index (χ2n) is 6.37. The summed E-state index contributed by atoms with van der Waals surface area (Å²) in [5.41, 5.74) is -1.14. The summed E-state index contributed by atoms with van der Waals surface area (Å²) in [7, 11) is 1.35. The molecular weight excluding hydrogens is 234 g/mol. The molecular formula is C13H21NO4. The summed E-state index contributed by atoms with van der Waals surface area (Å²) in [4.78, 5) is 26.0. The van der Waals surface area contributed by atoms with E-state index in [-0.39, 0.29) is 36.0 Å². The van der Waals surface area contributed by atoms with Gasteiger partial charge in [-0.25, -0.2) is 4.79 Å². The number of nitrogens with zero attached hydrogens (tertiary/aromatic N) is 1. The Morgan fingerprint density at radius 1 is 1.50 bits per heavy atom. The molecule has 0 radical (unpaired) electrons. The third-order valence-electron chi connectivity index (χ3n) is 3.78.